The van der Waals surface area contributed by atoms with E-state index in [4.69, 9.17) is 9.47 Å². The van der Waals surface area contributed by atoms with Gasteiger partial charge in [0.1, 0.15) is 6.10 Å². The molecule has 0 unspecified atom stereocenters. The molecule has 1 aliphatic rings. The number of hydrogen-bond donors (Lipinski definition) is 1. The smallest absolute Gasteiger partial charge is 0.255 e. The molecular weight excluding hydrogens is 258 g/mol. The van der Waals surface area contributed by atoms with Gasteiger partial charge in [-0.3, -0.25) is 9.48 Å². The average molecular weight is 281 g/mol. The molecule has 0 saturated carbocycles. The lowest BCUT2D eigenvalue weighted by Gasteiger charge is -2.18. The van der Waals surface area contributed by atoms with Crippen molar-refractivity contribution in [2.45, 2.75) is 45.9 Å². The molecule has 112 valence electrons. The van der Waals surface area contributed by atoms with E-state index in [1.165, 1.54) is 0 Å². The van der Waals surface area contributed by atoms with Gasteiger partial charge in [0.15, 0.2) is 0 Å². The molecule has 1 aliphatic heterocycles. The van der Waals surface area contributed by atoms with E-state index in [1.54, 1.807) is 6.20 Å². The number of aromatic nitrogens is 2. The quantitative estimate of drug-likeness (QED) is 0.849. The van der Waals surface area contributed by atoms with Crippen molar-refractivity contribution in [1.29, 1.82) is 0 Å². The first-order chi connectivity index (χ1) is 9.65. The summed E-state index contributed by atoms with van der Waals surface area (Å²) >= 11 is 0. The molecule has 6 heteroatoms. The van der Waals surface area contributed by atoms with E-state index in [9.17, 15) is 4.79 Å². The van der Waals surface area contributed by atoms with Gasteiger partial charge in [0, 0.05) is 19.3 Å². The molecule has 1 amide bonds. The maximum atomic E-state index is 12.3. The predicted octanol–water partition coefficient (Wildman–Crippen LogP) is 1.14. The minimum absolute atomic E-state index is 0.0602. The first-order valence-corrected chi connectivity index (χ1v) is 7.20. The van der Waals surface area contributed by atoms with Gasteiger partial charge in [0.05, 0.1) is 30.5 Å². The maximum Gasteiger partial charge on any atom is 0.255 e. The van der Waals surface area contributed by atoms with Crippen molar-refractivity contribution in [3.63, 3.8) is 0 Å². The molecule has 0 bridgehead atoms. The Morgan fingerprint density at radius 3 is 3.05 bits per heavy atom. The van der Waals surface area contributed by atoms with Crippen LogP contribution in [0.1, 0.15) is 36.3 Å². The highest BCUT2D eigenvalue weighted by Gasteiger charge is 2.30. The van der Waals surface area contributed by atoms with Gasteiger partial charge in [0.25, 0.3) is 5.91 Å². The summed E-state index contributed by atoms with van der Waals surface area (Å²) in [5.74, 6) is -0.106. The van der Waals surface area contributed by atoms with Crippen LogP contribution < -0.4 is 5.32 Å². The third-order valence-electron chi connectivity index (χ3n) is 3.37. The number of aryl methyl sites for hydroxylation is 2. The van der Waals surface area contributed by atoms with E-state index < -0.39 is 0 Å². The van der Waals surface area contributed by atoms with Gasteiger partial charge in [-0.05, 0) is 20.3 Å². The van der Waals surface area contributed by atoms with Crippen molar-refractivity contribution < 1.29 is 14.3 Å². The SMILES string of the molecule is CCCn1cc(C(=O)N[C@H]2COC[C@@H]2OCC)c(C)n1. The lowest BCUT2D eigenvalue weighted by Crippen LogP contribution is -2.43. The summed E-state index contributed by atoms with van der Waals surface area (Å²) in [4.78, 5) is 12.3. The van der Waals surface area contributed by atoms with Crippen LogP contribution in [0.5, 0.6) is 0 Å². The fourth-order valence-corrected chi connectivity index (χ4v) is 2.38. The molecular formula is C14H23N3O3. The van der Waals surface area contributed by atoms with Gasteiger partial charge >= 0.3 is 0 Å². The zero-order chi connectivity index (χ0) is 14.5. The normalized spacial score (nSPS) is 22.1. The zero-order valence-corrected chi connectivity index (χ0v) is 12.4. The molecule has 0 spiro atoms. The summed E-state index contributed by atoms with van der Waals surface area (Å²) in [6.45, 7) is 8.35. The van der Waals surface area contributed by atoms with Crippen LogP contribution in [-0.2, 0) is 16.0 Å². The van der Waals surface area contributed by atoms with Crippen molar-refractivity contribution >= 4 is 5.91 Å². The van der Waals surface area contributed by atoms with E-state index in [1.807, 2.05) is 18.5 Å². The Labute approximate surface area is 119 Å². The molecule has 1 saturated heterocycles. The molecule has 6 nitrogen and oxygen atoms in total. The molecule has 0 radical (unpaired) electrons. The predicted molar refractivity (Wildman–Crippen MR) is 74.7 cm³/mol. The van der Waals surface area contributed by atoms with Crippen LogP contribution in [0.25, 0.3) is 0 Å². The molecule has 2 atom stereocenters. The van der Waals surface area contributed by atoms with Crippen LogP contribution in [0.4, 0.5) is 0 Å². The minimum Gasteiger partial charge on any atom is -0.376 e. The van der Waals surface area contributed by atoms with Crippen LogP contribution in [0, 0.1) is 6.92 Å². The van der Waals surface area contributed by atoms with Crippen molar-refractivity contribution in [2.24, 2.45) is 0 Å². The fraction of sp³-hybridized carbons (Fsp3) is 0.714. The van der Waals surface area contributed by atoms with Crippen molar-refractivity contribution in [3.05, 3.63) is 17.5 Å². The summed E-state index contributed by atoms with van der Waals surface area (Å²) in [5, 5.41) is 7.33. The van der Waals surface area contributed by atoms with E-state index in [-0.39, 0.29) is 18.1 Å². The second kappa shape index (κ2) is 6.85. The van der Waals surface area contributed by atoms with Gasteiger partial charge in [-0.15, -0.1) is 0 Å². The molecule has 20 heavy (non-hydrogen) atoms. The lowest BCUT2D eigenvalue weighted by molar-refractivity contribution is 0.0402. The van der Waals surface area contributed by atoms with Crippen LogP contribution in [0.3, 0.4) is 0 Å². The van der Waals surface area contributed by atoms with Gasteiger partial charge in [-0.1, -0.05) is 6.92 Å². The number of carbonyl (C=O) groups excluding carboxylic acids is 1. The molecule has 1 aromatic rings. The highest BCUT2D eigenvalue weighted by atomic mass is 16.5. The number of nitrogens with zero attached hydrogens (tertiary/aromatic N) is 2. The highest BCUT2D eigenvalue weighted by Crippen LogP contribution is 2.12. The lowest BCUT2D eigenvalue weighted by atomic mass is 10.2. The number of carbonyl (C=O) groups is 1. The van der Waals surface area contributed by atoms with E-state index in [0.29, 0.717) is 25.4 Å². The third-order valence-corrected chi connectivity index (χ3v) is 3.37. The summed E-state index contributed by atoms with van der Waals surface area (Å²) in [5.41, 5.74) is 1.38. The third kappa shape index (κ3) is 3.37. The summed E-state index contributed by atoms with van der Waals surface area (Å²) in [6, 6.07) is -0.0867. The maximum absolute atomic E-state index is 12.3. The Bertz CT molecular complexity index is 459. The Kier molecular flexibility index (Phi) is 5.14. The van der Waals surface area contributed by atoms with Crippen molar-refractivity contribution in [3.8, 4) is 0 Å². The average Bonchev–Trinajstić information content (AvgIpc) is 2.98. The van der Waals surface area contributed by atoms with Crippen LogP contribution in [-0.4, -0.2) is 47.7 Å². The molecule has 1 fully saturated rings. The van der Waals surface area contributed by atoms with E-state index >= 15 is 0 Å². The van der Waals surface area contributed by atoms with Gasteiger partial charge < -0.3 is 14.8 Å². The van der Waals surface area contributed by atoms with Crippen LogP contribution >= 0.6 is 0 Å². The van der Waals surface area contributed by atoms with Gasteiger partial charge in [-0.25, -0.2) is 0 Å². The molecule has 1 N–H and O–H groups in total. The Morgan fingerprint density at radius 2 is 2.35 bits per heavy atom. The first-order valence-electron chi connectivity index (χ1n) is 7.20. The molecule has 2 rings (SSSR count). The van der Waals surface area contributed by atoms with E-state index in [2.05, 4.69) is 17.3 Å². The standard InChI is InChI=1S/C14H23N3O3/c1-4-6-17-7-11(10(3)16-17)14(18)15-12-8-19-9-13(12)20-5-2/h7,12-13H,4-6,8-9H2,1-3H3,(H,15,18)/t12-,13-/m0/s1. The van der Waals surface area contributed by atoms with Gasteiger partial charge in [-0.2, -0.15) is 5.10 Å². The first kappa shape index (κ1) is 15.0. The summed E-state index contributed by atoms with van der Waals surface area (Å²) in [7, 11) is 0. The summed E-state index contributed by atoms with van der Waals surface area (Å²) < 4.78 is 12.8. The Hall–Kier alpha value is -1.40. The number of ether oxygens (including phenoxy) is 2. The Morgan fingerprint density at radius 1 is 1.55 bits per heavy atom. The van der Waals surface area contributed by atoms with Crippen LogP contribution in [0.2, 0.25) is 0 Å². The van der Waals surface area contributed by atoms with Gasteiger partial charge in [0.2, 0.25) is 0 Å². The largest absolute Gasteiger partial charge is 0.376 e. The van der Waals surface area contributed by atoms with Crippen LogP contribution in [0.15, 0.2) is 6.20 Å². The molecule has 0 aromatic carbocycles. The minimum atomic E-state index is -0.106. The van der Waals surface area contributed by atoms with Crippen molar-refractivity contribution in [1.82, 2.24) is 15.1 Å². The molecule has 2 heterocycles. The zero-order valence-electron chi connectivity index (χ0n) is 12.4. The topological polar surface area (TPSA) is 65.4 Å². The Balaban J connectivity index is 2.00. The second-order valence-electron chi connectivity index (χ2n) is 5.00. The second-order valence-corrected chi connectivity index (χ2v) is 5.00. The highest BCUT2D eigenvalue weighted by molar-refractivity contribution is 5.95. The number of hydrogen-bond acceptors (Lipinski definition) is 4. The number of amides is 1. The van der Waals surface area contributed by atoms with E-state index in [0.717, 1.165) is 18.7 Å². The molecule has 1 aromatic heterocycles. The number of nitrogens with one attached hydrogen (secondary N) is 1. The fourth-order valence-electron chi connectivity index (χ4n) is 2.38. The summed E-state index contributed by atoms with van der Waals surface area (Å²) in [6.07, 6.45) is 2.74. The monoisotopic (exact) mass is 281 g/mol. The molecule has 0 aliphatic carbocycles. The van der Waals surface area contributed by atoms with Crippen molar-refractivity contribution in [2.75, 3.05) is 19.8 Å². The number of rotatable bonds is 6.